The van der Waals surface area contributed by atoms with Gasteiger partial charge in [-0.2, -0.15) is 0 Å². The molecular weight excluding hydrogens is 367 g/mol. The Hall–Kier alpha value is -2.40. The van der Waals surface area contributed by atoms with E-state index in [0.717, 1.165) is 37.9 Å². The number of hydrogen-bond donors (Lipinski definition) is 1. The van der Waals surface area contributed by atoms with Crippen LogP contribution < -0.4 is 10.2 Å². The number of carbonyl (C=O) groups excluding carboxylic acids is 2. The average Bonchev–Trinajstić information content (AvgIpc) is 2.70. The molecule has 6 heteroatoms. The molecule has 1 heterocycles. The first-order valence-electron chi connectivity index (χ1n) is 9.09. The van der Waals surface area contributed by atoms with Gasteiger partial charge in [-0.15, -0.1) is 0 Å². The van der Waals surface area contributed by atoms with E-state index in [1.54, 1.807) is 24.3 Å². The lowest BCUT2D eigenvalue weighted by Crippen LogP contribution is -2.41. The highest BCUT2D eigenvalue weighted by Crippen LogP contribution is 2.24. The molecule has 1 N–H and O–H groups in total. The molecule has 1 saturated heterocycles. The Balaban J connectivity index is 1.46. The van der Waals surface area contributed by atoms with Gasteiger partial charge in [0, 0.05) is 47.4 Å². The first kappa shape index (κ1) is 19.4. The largest absolute Gasteiger partial charge is 0.371 e. The zero-order chi connectivity index (χ0) is 19.2. The summed E-state index contributed by atoms with van der Waals surface area (Å²) < 4.78 is 13.8. The molecule has 1 amide bonds. The van der Waals surface area contributed by atoms with Crippen LogP contribution in [0.3, 0.4) is 0 Å². The van der Waals surface area contributed by atoms with Crippen LogP contribution in [0.25, 0.3) is 0 Å². The molecule has 0 radical (unpaired) electrons. The minimum Gasteiger partial charge on any atom is -0.371 e. The van der Waals surface area contributed by atoms with Crippen molar-refractivity contribution in [3.05, 3.63) is 64.4 Å². The second-order valence-corrected chi connectivity index (χ2v) is 7.12. The Labute approximate surface area is 163 Å². The summed E-state index contributed by atoms with van der Waals surface area (Å²) in [5.74, 6) is -0.365. The van der Waals surface area contributed by atoms with E-state index in [0.29, 0.717) is 29.1 Å². The first-order valence-corrected chi connectivity index (χ1v) is 9.47. The van der Waals surface area contributed by atoms with Crippen LogP contribution in [-0.2, 0) is 11.2 Å². The lowest BCUT2D eigenvalue weighted by molar-refractivity contribution is -0.125. The third-order valence-corrected chi connectivity index (χ3v) is 5.35. The van der Waals surface area contributed by atoms with Crippen molar-refractivity contribution in [2.75, 3.05) is 24.5 Å². The van der Waals surface area contributed by atoms with E-state index in [-0.39, 0.29) is 17.6 Å². The van der Waals surface area contributed by atoms with Gasteiger partial charge in [0.05, 0.1) is 0 Å². The maximum atomic E-state index is 13.8. The van der Waals surface area contributed by atoms with E-state index < -0.39 is 0 Å². The zero-order valence-electron chi connectivity index (χ0n) is 15.0. The molecule has 0 spiro atoms. The highest BCUT2D eigenvalue weighted by atomic mass is 35.5. The number of anilines is 1. The number of piperidine rings is 1. The Kier molecular flexibility index (Phi) is 6.45. The average molecular weight is 389 g/mol. The van der Waals surface area contributed by atoms with Crippen molar-refractivity contribution >= 4 is 29.5 Å². The topological polar surface area (TPSA) is 49.4 Å². The molecule has 142 valence electrons. The number of nitrogens with one attached hydrogen (secondary N) is 1. The van der Waals surface area contributed by atoms with Gasteiger partial charge >= 0.3 is 0 Å². The van der Waals surface area contributed by atoms with Crippen LogP contribution in [0, 0.1) is 11.7 Å². The first-order chi connectivity index (χ1) is 13.1. The maximum absolute atomic E-state index is 13.8. The monoisotopic (exact) mass is 388 g/mol. The van der Waals surface area contributed by atoms with E-state index in [2.05, 4.69) is 10.2 Å². The minimum atomic E-state index is -0.342. The Morgan fingerprint density at radius 3 is 2.52 bits per heavy atom. The van der Waals surface area contributed by atoms with Crippen LogP contribution in [0.1, 0.15) is 28.8 Å². The summed E-state index contributed by atoms with van der Waals surface area (Å²) in [5, 5.41) is 3.29. The van der Waals surface area contributed by atoms with Gasteiger partial charge in [0.25, 0.3) is 0 Å². The molecule has 3 rings (SSSR count). The molecule has 0 unspecified atom stereocenters. The van der Waals surface area contributed by atoms with Crippen LogP contribution in [0.4, 0.5) is 10.1 Å². The Morgan fingerprint density at radius 1 is 1.19 bits per heavy atom. The number of benzene rings is 2. The summed E-state index contributed by atoms with van der Waals surface area (Å²) in [5.41, 5.74) is 2.16. The van der Waals surface area contributed by atoms with Crippen LogP contribution in [0.2, 0.25) is 5.02 Å². The summed E-state index contributed by atoms with van der Waals surface area (Å²) in [6, 6.07) is 12.1. The summed E-state index contributed by atoms with van der Waals surface area (Å²) >= 11 is 6.01. The molecule has 1 aliphatic rings. The third kappa shape index (κ3) is 4.86. The van der Waals surface area contributed by atoms with E-state index in [9.17, 15) is 14.0 Å². The van der Waals surface area contributed by atoms with Gasteiger partial charge in [-0.25, -0.2) is 4.39 Å². The lowest BCUT2D eigenvalue weighted by Gasteiger charge is -2.33. The quantitative estimate of drug-likeness (QED) is 0.764. The molecule has 27 heavy (non-hydrogen) atoms. The molecule has 0 aliphatic carbocycles. The zero-order valence-corrected chi connectivity index (χ0v) is 15.7. The SMILES string of the molecule is O=Cc1ccc(N2CCC(C(=O)NCCc3c(F)cccc3Cl)CC2)cc1. The normalized spacial score (nSPS) is 14.8. The molecule has 0 bridgehead atoms. The smallest absolute Gasteiger partial charge is 0.223 e. The van der Waals surface area contributed by atoms with Crippen LogP contribution in [0.15, 0.2) is 42.5 Å². The van der Waals surface area contributed by atoms with Gasteiger partial charge in [0.1, 0.15) is 12.1 Å². The van der Waals surface area contributed by atoms with Crippen molar-refractivity contribution in [3.63, 3.8) is 0 Å². The Morgan fingerprint density at radius 2 is 1.89 bits per heavy atom. The van der Waals surface area contributed by atoms with Crippen molar-refractivity contribution < 1.29 is 14.0 Å². The van der Waals surface area contributed by atoms with Crippen molar-refractivity contribution in [3.8, 4) is 0 Å². The van der Waals surface area contributed by atoms with Gasteiger partial charge < -0.3 is 10.2 Å². The number of rotatable bonds is 6. The van der Waals surface area contributed by atoms with Gasteiger partial charge in [0.15, 0.2) is 0 Å². The van der Waals surface area contributed by atoms with Crippen LogP contribution >= 0.6 is 11.6 Å². The third-order valence-electron chi connectivity index (χ3n) is 5.00. The number of nitrogens with zero attached hydrogens (tertiary/aromatic N) is 1. The predicted octanol–water partition coefficient (Wildman–Crippen LogP) is 3.87. The molecule has 1 fully saturated rings. The molecular formula is C21H22ClFN2O2. The van der Waals surface area contributed by atoms with Crippen LogP contribution in [-0.4, -0.2) is 31.8 Å². The van der Waals surface area contributed by atoms with Crippen molar-refractivity contribution in [1.82, 2.24) is 5.32 Å². The number of carbonyl (C=O) groups is 2. The summed E-state index contributed by atoms with van der Waals surface area (Å²) in [6.07, 6.45) is 2.73. The number of aldehydes is 1. The fourth-order valence-corrected chi connectivity index (χ4v) is 3.65. The van der Waals surface area contributed by atoms with Crippen molar-refractivity contribution in [2.24, 2.45) is 5.92 Å². The summed E-state index contributed by atoms with van der Waals surface area (Å²) in [7, 11) is 0. The fraction of sp³-hybridized carbons (Fsp3) is 0.333. The lowest BCUT2D eigenvalue weighted by atomic mass is 9.95. The maximum Gasteiger partial charge on any atom is 0.223 e. The van der Waals surface area contributed by atoms with Gasteiger partial charge in [-0.1, -0.05) is 17.7 Å². The molecule has 0 saturated carbocycles. The molecule has 1 aliphatic heterocycles. The number of amides is 1. The summed E-state index contributed by atoms with van der Waals surface area (Å²) in [6.45, 7) is 1.95. The van der Waals surface area contributed by atoms with Crippen molar-refractivity contribution in [1.29, 1.82) is 0 Å². The second kappa shape index (κ2) is 9.00. The number of hydrogen-bond acceptors (Lipinski definition) is 3. The van der Waals surface area contributed by atoms with Crippen molar-refractivity contribution in [2.45, 2.75) is 19.3 Å². The van der Waals surface area contributed by atoms with E-state index in [1.165, 1.54) is 6.07 Å². The second-order valence-electron chi connectivity index (χ2n) is 6.71. The molecule has 4 nitrogen and oxygen atoms in total. The van der Waals surface area contributed by atoms with Gasteiger partial charge in [-0.05, 0) is 55.7 Å². The molecule has 2 aromatic rings. The minimum absolute atomic E-state index is 0.0124. The molecule has 2 aromatic carbocycles. The molecule has 0 aromatic heterocycles. The van der Waals surface area contributed by atoms with Gasteiger partial charge in [0.2, 0.25) is 5.91 Å². The van der Waals surface area contributed by atoms with Crippen LogP contribution in [0.5, 0.6) is 0 Å². The standard InChI is InChI=1S/C21H22ClFN2O2/c22-19-2-1-3-20(23)18(19)8-11-24-21(27)16-9-12-25(13-10-16)17-6-4-15(14-26)5-7-17/h1-7,14,16H,8-13H2,(H,24,27). The molecule has 0 atom stereocenters. The van der Waals surface area contributed by atoms with Gasteiger partial charge in [-0.3, -0.25) is 9.59 Å². The predicted molar refractivity (Wildman–Crippen MR) is 105 cm³/mol. The van der Waals surface area contributed by atoms with E-state index in [1.807, 2.05) is 12.1 Å². The van der Waals surface area contributed by atoms with E-state index >= 15 is 0 Å². The van der Waals surface area contributed by atoms with E-state index in [4.69, 9.17) is 11.6 Å². The summed E-state index contributed by atoms with van der Waals surface area (Å²) in [4.78, 5) is 25.3. The Bertz CT molecular complexity index is 782. The fourth-order valence-electron chi connectivity index (χ4n) is 3.39. The highest BCUT2D eigenvalue weighted by molar-refractivity contribution is 6.31. The number of halogens is 2. The highest BCUT2D eigenvalue weighted by Gasteiger charge is 2.25.